The molecule has 0 aliphatic rings. The van der Waals surface area contributed by atoms with Crippen LogP contribution in [-0.4, -0.2) is 66.2 Å². The van der Waals surface area contributed by atoms with E-state index >= 15 is 0 Å². The normalized spacial score (nSPS) is 13.2. The van der Waals surface area contributed by atoms with E-state index in [4.69, 9.17) is 4.74 Å². The fourth-order valence-electron chi connectivity index (χ4n) is 5.53. The number of hydrogen-bond acceptors (Lipinski definition) is 8. The van der Waals surface area contributed by atoms with Gasteiger partial charge < -0.3 is 25.8 Å². The third-order valence-electron chi connectivity index (χ3n) is 8.08. The summed E-state index contributed by atoms with van der Waals surface area (Å²) in [4.78, 5) is 30.7. The van der Waals surface area contributed by atoms with E-state index in [2.05, 4.69) is 20.9 Å². The number of nitrogens with one attached hydrogen (secondary N) is 3. The summed E-state index contributed by atoms with van der Waals surface area (Å²) < 4.78 is 60.6. The third-order valence-corrected chi connectivity index (χ3v) is 10.4. The van der Waals surface area contributed by atoms with Gasteiger partial charge in [-0.25, -0.2) is 22.0 Å². The fraction of sp³-hybridized carbons (Fsp3) is 0.472. The largest absolute Gasteiger partial charge is 0.445 e. The van der Waals surface area contributed by atoms with Gasteiger partial charge in [0.15, 0.2) is 9.84 Å². The van der Waals surface area contributed by atoms with Gasteiger partial charge in [-0.2, -0.15) is 0 Å². The molecular formula is C36H49ClF2N4O6S. The molecule has 0 bridgehead atoms. The van der Waals surface area contributed by atoms with Crippen LogP contribution >= 0.6 is 12.4 Å². The van der Waals surface area contributed by atoms with Crippen LogP contribution in [0.25, 0.3) is 0 Å². The quantitative estimate of drug-likeness (QED) is 0.124. The molecule has 50 heavy (non-hydrogen) atoms. The molecule has 1 heterocycles. The van der Waals surface area contributed by atoms with Crippen molar-refractivity contribution in [1.29, 1.82) is 0 Å². The van der Waals surface area contributed by atoms with Crippen LogP contribution in [0.3, 0.4) is 0 Å². The lowest BCUT2D eigenvalue weighted by Crippen LogP contribution is -2.57. The molecule has 276 valence electrons. The highest BCUT2D eigenvalue weighted by atomic mass is 35.5. The second kappa shape index (κ2) is 21.5. The van der Waals surface area contributed by atoms with Crippen LogP contribution < -0.4 is 16.0 Å². The van der Waals surface area contributed by atoms with Gasteiger partial charge in [-0.05, 0) is 60.6 Å². The maximum Gasteiger partial charge on any atom is 0.408 e. The first-order chi connectivity index (χ1) is 23.4. The molecular weight excluding hydrogens is 690 g/mol. The SMILES string of the molecule is CCCC(CCC)S(=O)(=O)C[C@@H](NC(=O)OCc1cccnc1)C(=O)N[C@@H](Cc1cc(F)cc(F)c1)[C@H](O)CNCc1cccc(CC)c1.Cl. The van der Waals surface area contributed by atoms with E-state index in [-0.39, 0.29) is 37.5 Å². The van der Waals surface area contributed by atoms with Crippen molar-refractivity contribution in [2.24, 2.45) is 0 Å². The zero-order valence-corrected chi connectivity index (χ0v) is 30.4. The number of amides is 2. The van der Waals surface area contributed by atoms with E-state index in [1.807, 2.05) is 45.0 Å². The number of carbonyl (C=O) groups excluding carboxylic acids is 2. The molecule has 0 saturated carbocycles. The summed E-state index contributed by atoms with van der Waals surface area (Å²) in [7, 11) is -3.90. The third kappa shape index (κ3) is 14.3. The van der Waals surface area contributed by atoms with Gasteiger partial charge in [0.2, 0.25) is 5.91 Å². The topological polar surface area (TPSA) is 147 Å². The van der Waals surface area contributed by atoms with Gasteiger partial charge in [0.05, 0.1) is 23.1 Å². The number of aryl methyl sites for hydroxylation is 1. The number of aromatic nitrogens is 1. The van der Waals surface area contributed by atoms with E-state index in [1.165, 1.54) is 6.20 Å². The molecule has 0 saturated heterocycles. The second-order valence-corrected chi connectivity index (χ2v) is 14.5. The lowest BCUT2D eigenvalue weighted by Gasteiger charge is -2.28. The standard InChI is InChI=1S/C36H48F2N4O6S.ClH/c1-4-9-31(10-5-2)49(46,47)24-33(42-36(45)48-23-27-13-8-14-39-21-27)35(44)41-32(18-28-16-29(37)19-30(38)17-28)34(43)22-40-20-26-12-7-11-25(6-3)15-26;/h7-8,11-17,19,21,31-34,40,43H,4-6,9-10,18,20,22-24H2,1-3H3,(H,41,44)(H,42,45);1H/t32-,33+,34+;/m0./s1. The summed E-state index contributed by atoms with van der Waals surface area (Å²) in [5.74, 6) is -3.27. The van der Waals surface area contributed by atoms with Gasteiger partial charge in [-0.15, -0.1) is 12.4 Å². The van der Waals surface area contributed by atoms with Crippen LogP contribution in [0.2, 0.25) is 0 Å². The first-order valence-electron chi connectivity index (χ1n) is 16.7. The molecule has 3 atom stereocenters. The van der Waals surface area contributed by atoms with Crippen LogP contribution in [0.15, 0.2) is 67.0 Å². The zero-order chi connectivity index (χ0) is 35.8. The number of rotatable bonds is 20. The van der Waals surface area contributed by atoms with Gasteiger partial charge in [0.25, 0.3) is 0 Å². The number of halogens is 3. The number of hydrogen-bond donors (Lipinski definition) is 4. The lowest BCUT2D eigenvalue weighted by molar-refractivity contribution is -0.124. The molecule has 10 nitrogen and oxygen atoms in total. The number of aliphatic hydroxyl groups is 1. The first-order valence-corrected chi connectivity index (χ1v) is 18.4. The summed E-state index contributed by atoms with van der Waals surface area (Å²) in [6, 6.07) is 11.4. The zero-order valence-electron chi connectivity index (χ0n) is 28.7. The molecule has 0 fully saturated rings. The van der Waals surface area contributed by atoms with E-state index in [0.717, 1.165) is 29.7 Å². The average Bonchev–Trinajstić information content (AvgIpc) is 3.06. The van der Waals surface area contributed by atoms with Crippen molar-refractivity contribution in [3.8, 4) is 0 Å². The highest BCUT2D eigenvalue weighted by Gasteiger charge is 2.34. The van der Waals surface area contributed by atoms with E-state index in [1.54, 1.807) is 18.3 Å². The van der Waals surface area contributed by atoms with Gasteiger partial charge >= 0.3 is 6.09 Å². The number of pyridine rings is 1. The van der Waals surface area contributed by atoms with E-state index < -0.39 is 62.7 Å². The summed E-state index contributed by atoms with van der Waals surface area (Å²) in [5.41, 5.74) is 2.87. The van der Waals surface area contributed by atoms with Gasteiger partial charge in [-0.1, -0.05) is 63.9 Å². The Morgan fingerprint density at radius 2 is 1.56 bits per heavy atom. The maximum absolute atomic E-state index is 14.1. The Labute approximate surface area is 300 Å². The van der Waals surface area contributed by atoms with Crippen molar-refractivity contribution in [2.45, 2.75) is 95.9 Å². The summed E-state index contributed by atoms with van der Waals surface area (Å²) in [6.07, 6.45) is 3.41. The second-order valence-electron chi connectivity index (χ2n) is 12.1. The highest BCUT2D eigenvalue weighted by molar-refractivity contribution is 7.92. The molecule has 3 rings (SSSR count). The fourth-order valence-corrected chi connectivity index (χ4v) is 7.69. The highest BCUT2D eigenvalue weighted by Crippen LogP contribution is 2.18. The minimum Gasteiger partial charge on any atom is -0.445 e. The first kappa shape index (κ1) is 42.5. The molecule has 2 amide bonds. The lowest BCUT2D eigenvalue weighted by atomic mass is 10.00. The molecule has 14 heteroatoms. The van der Waals surface area contributed by atoms with Crippen molar-refractivity contribution in [3.63, 3.8) is 0 Å². The molecule has 0 aliphatic carbocycles. The average molecular weight is 739 g/mol. The van der Waals surface area contributed by atoms with Crippen LogP contribution in [-0.2, 0) is 45.4 Å². The summed E-state index contributed by atoms with van der Waals surface area (Å²) >= 11 is 0. The molecule has 0 unspecified atom stereocenters. The van der Waals surface area contributed by atoms with Crippen molar-refractivity contribution >= 4 is 34.2 Å². The van der Waals surface area contributed by atoms with Crippen LogP contribution in [0.1, 0.15) is 68.7 Å². The van der Waals surface area contributed by atoms with Gasteiger partial charge in [-0.3, -0.25) is 9.78 Å². The minimum atomic E-state index is -3.90. The number of carbonyl (C=O) groups is 2. The smallest absolute Gasteiger partial charge is 0.408 e. The number of ether oxygens (including phenoxy) is 1. The Morgan fingerprint density at radius 3 is 2.18 bits per heavy atom. The minimum absolute atomic E-state index is 0. The molecule has 1 aromatic heterocycles. The van der Waals surface area contributed by atoms with Crippen molar-refractivity contribution in [3.05, 3.63) is 101 Å². The summed E-state index contributed by atoms with van der Waals surface area (Å²) in [6.45, 7) is 5.99. The van der Waals surface area contributed by atoms with Gasteiger partial charge in [0, 0.05) is 37.1 Å². The Hall–Kier alpha value is -3.65. The van der Waals surface area contributed by atoms with Crippen molar-refractivity contribution in [1.82, 2.24) is 20.9 Å². The predicted molar refractivity (Wildman–Crippen MR) is 192 cm³/mol. The van der Waals surface area contributed by atoms with E-state index in [9.17, 15) is 31.9 Å². The van der Waals surface area contributed by atoms with Crippen molar-refractivity contribution in [2.75, 3.05) is 12.3 Å². The van der Waals surface area contributed by atoms with Gasteiger partial charge in [0.1, 0.15) is 24.3 Å². The monoisotopic (exact) mass is 738 g/mol. The molecule has 4 N–H and O–H groups in total. The Bertz CT molecular complexity index is 1580. The van der Waals surface area contributed by atoms with Crippen molar-refractivity contribution < 1.29 is 36.6 Å². The number of benzene rings is 2. The maximum atomic E-state index is 14.1. The molecule has 2 aromatic carbocycles. The van der Waals surface area contributed by atoms with Crippen LogP contribution in [0, 0.1) is 11.6 Å². The molecule has 0 spiro atoms. The Morgan fingerprint density at radius 1 is 0.900 bits per heavy atom. The van der Waals surface area contributed by atoms with Crippen LogP contribution in [0.4, 0.5) is 13.6 Å². The Kier molecular flexibility index (Phi) is 18.3. The van der Waals surface area contributed by atoms with E-state index in [0.29, 0.717) is 43.9 Å². The molecule has 3 aromatic rings. The molecule has 0 aliphatic heterocycles. The summed E-state index contributed by atoms with van der Waals surface area (Å²) in [5, 5.41) is 18.7. The van der Waals surface area contributed by atoms with Crippen LogP contribution in [0.5, 0.6) is 0 Å². The number of aliphatic hydroxyl groups excluding tert-OH is 1. The number of sulfone groups is 1. The predicted octanol–water partition coefficient (Wildman–Crippen LogP) is 5.20. The molecule has 0 radical (unpaired) electrons. The number of alkyl carbamates (subject to hydrolysis) is 1. The Balaban J connectivity index is 0.00000867. The number of nitrogens with zero attached hydrogens (tertiary/aromatic N) is 1.